The van der Waals surface area contributed by atoms with Gasteiger partial charge < -0.3 is 30.2 Å². The van der Waals surface area contributed by atoms with Gasteiger partial charge in [0.1, 0.15) is 12.6 Å². The first-order valence-corrected chi connectivity index (χ1v) is 14.2. The Bertz CT molecular complexity index is 1300. The number of para-hydroxylation sites is 1. The van der Waals surface area contributed by atoms with E-state index in [0.29, 0.717) is 18.0 Å². The Labute approximate surface area is 235 Å². The van der Waals surface area contributed by atoms with Crippen LogP contribution < -0.4 is 15.5 Å². The molecule has 5 rings (SSSR count). The Morgan fingerprint density at radius 1 is 1.18 bits per heavy atom. The highest BCUT2D eigenvalue weighted by Gasteiger charge is 2.34. The topological polar surface area (TPSA) is 89.7 Å². The number of carbonyl (C=O) groups excluding carboxylic acids is 2. The first-order valence-electron chi connectivity index (χ1n) is 13.8. The number of anilines is 1. The summed E-state index contributed by atoms with van der Waals surface area (Å²) in [4.78, 5) is 34.7. The number of piperidine rings is 1. The van der Waals surface area contributed by atoms with Gasteiger partial charge in [0.15, 0.2) is 0 Å². The standard InChI is InChI=1S/C30H38ClN5O3/c1-35(2)17-20-13-21-14-23(31)7-8-28(21)36(18-20)30(38)27(15-22-16-33-26-6-4-3-5-25(22)26)34-29(37)19-39-24-9-11-32-12-10-24/h3-8,14,16,20,24,27,32-33H,9-13,15,17-19H2,1-2H3,(H,34,37)/t20-,27-/m1/s1. The second kappa shape index (κ2) is 12.5. The van der Waals surface area contributed by atoms with Gasteiger partial charge in [-0.25, -0.2) is 0 Å². The number of hydrogen-bond acceptors (Lipinski definition) is 5. The van der Waals surface area contributed by atoms with E-state index < -0.39 is 6.04 Å². The van der Waals surface area contributed by atoms with E-state index >= 15 is 0 Å². The Balaban J connectivity index is 1.40. The molecule has 2 atom stereocenters. The third-order valence-electron chi connectivity index (χ3n) is 7.64. The van der Waals surface area contributed by atoms with Gasteiger partial charge in [-0.1, -0.05) is 29.8 Å². The van der Waals surface area contributed by atoms with Crippen molar-refractivity contribution in [3.05, 3.63) is 64.8 Å². The number of aromatic nitrogens is 1. The lowest BCUT2D eigenvalue weighted by Gasteiger charge is -2.37. The van der Waals surface area contributed by atoms with Crippen LogP contribution in [0.5, 0.6) is 0 Å². The molecule has 0 aliphatic carbocycles. The molecule has 2 amide bonds. The number of carbonyl (C=O) groups is 2. The van der Waals surface area contributed by atoms with Crippen molar-refractivity contribution in [2.75, 3.05) is 51.8 Å². The van der Waals surface area contributed by atoms with Gasteiger partial charge in [0.25, 0.3) is 0 Å². The molecular weight excluding hydrogens is 514 g/mol. The van der Waals surface area contributed by atoms with E-state index in [1.54, 1.807) is 0 Å². The van der Waals surface area contributed by atoms with Crippen LogP contribution in [0.4, 0.5) is 5.69 Å². The van der Waals surface area contributed by atoms with Gasteiger partial charge in [0.2, 0.25) is 11.8 Å². The summed E-state index contributed by atoms with van der Waals surface area (Å²) >= 11 is 6.35. The van der Waals surface area contributed by atoms with E-state index in [-0.39, 0.29) is 30.4 Å². The molecule has 0 radical (unpaired) electrons. The van der Waals surface area contributed by atoms with Crippen molar-refractivity contribution in [3.8, 4) is 0 Å². The molecule has 39 heavy (non-hydrogen) atoms. The van der Waals surface area contributed by atoms with Crippen molar-refractivity contribution in [2.24, 2.45) is 5.92 Å². The Morgan fingerprint density at radius 2 is 1.97 bits per heavy atom. The van der Waals surface area contributed by atoms with E-state index in [1.165, 1.54) is 0 Å². The van der Waals surface area contributed by atoms with Crippen LogP contribution in [0.3, 0.4) is 0 Å². The maximum Gasteiger partial charge on any atom is 0.249 e. The molecule has 0 bridgehead atoms. The van der Waals surface area contributed by atoms with Crippen molar-refractivity contribution < 1.29 is 14.3 Å². The SMILES string of the molecule is CN(C)C[C@H]1Cc2cc(Cl)ccc2N(C(=O)[C@@H](Cc2c[nH]c3ccccc23)NC(=O)COC2CCNCC2)C1. The van der Waals surface area contributed by atoms with Gasteiger partial charge in [-0.15, -0.1) is 0 Å². The molecule has 8 nitrogen and oxygen atoms in total. The number of halogens is 1. The van der Waals surface area contributed by atoms with Gasteiger partial charge in [0, 0.05) is 47.3 Å². The third-order valence-corrected chi connectivity index (χ3v) is 7.87. The minimum atomic E-state index is -0.741. The van der Waals surface area contributed by atoms with Gasteiger partial charge in [-0.2, -0.15) is 0 Å². The Morgan fingerprint density at radius 3 is 2.77 bits per heavy atom. The fourth-order valence-corrected chi connectivity index (χ4v) is 6.06. The zero-order valence-corrected chi connectivity index (χ0v) is 23.5. The first kappa shape index (κ1) is 27.6. The number of nitrogens with one attached hydrogen (secondary N) is 3. The molecular formula is C30H38ClN5O3. The molecule has 2 aliphatic heterocycles. The number of ether oxygens (including phenoxy) is 1. The van der Waals surface area contributed by atoms with E-state index in [4.69, 9.17) is 16.3 Å². The quantitative estimate of drug-likeness (QED) is 0.379. The van der Waals surface area contributed by atoms with Crippen molar-refractivity contribution in [3.63, 3.8) is 0 Å². The highest BCUT2D eigenvalue weighted by Crippen LogP contribution is 2.33. The molecule has 3 N–H and O–H groups in total. The fraction of sp³-hybridized carbons (Fsp3) is 0.467. The number of nitrogens with zero attached hydrogens (tertiary/aromatic N) is 2. The molecule has 0 unspecified atom stereocenters. The largest absolute Gasteiger partial charge is 0.368 e. The highest BCUT2D eigenvalue weighted by molar-refractivity contribution is 6.30. The molecule has 1 saturated heterocycles. The second-order valence-corrected chi connectivity index (χ2v) is 11.4. The highest BCUT2D eigenvalue weighted by atomic mass is 35.5. The van der Waals surface area contributed by atoms with Crippen molar-refractivity contribution in [2.45, 2.75) is 37.8 Å². The zero-order chi connectivity index (χ0) is 27.4. The van der Waals surface area contributed by atoms with Crippen LogP contribution in [0.15, 0.2) is 48.7 Å². The van der Waals surface area contributed by atoms with Crippen molar-refractivity contribution >= 4 is 40.0 Å². The number of aromatic amines is 1. The molecule has 1 aromatic heterocycles. The van der Waals surface area contributed by atoms with Crippen LogP contribution in [0.1, 0.15) is 24.0 Å². The molecule has 0 saturated carbocycles. The van der Waals surface area contributed by atoms with Crippen LogP contribution in [0, 0.1) is 5.92 Å². The number of rotatable bonds is 9. The smallest absolute Gasteiger partial charge is 0.249 e. The summed E-state index contributed by atoms with van der Waals surface area (Å²) in [6.45, 7) is 3.15. The third kappa shape index (κ3) is 6.81. The van der Waals surface area contributed by atoms with E-state index in [0.717, 1.165) is 66.6 Å². The molecule has 9 heteroatoms. The molecule has 3 heterocycles. The van der Waals surface area contributed by atoms with Gasteiger partial charge in [0.05, 0.1) is 6.10 Å². The minimum absolute atomic E-state index is 0.0578. The molecule has 2 aliphatic rings. The second-order valence-electron chi connectivity index (χ2n) is 11.0. The van der Waals surface area contributed by atoms with Gasteiger partial charge >= 0.3 is 0 Å². The number of amides is 2. The lowest BCUT2D eigenvalue weighted by molar-refractivity contribution is -0.132. The average molecular weight is 552 g/mol. The molecule has 208 valence electrons. The molecule has 3 aromatic rings. The number of hydrogen-bond donors (Lipinski definition) is 3. The first-order chi connectivity index (χ1) is 18.9. The van der Waals surface area contributed by atoms with Crippen LogP contribution in [0.25, 0.3) is 10.9 Å². The van der Waals surface area contributed by atoms with Crippen LogP contribution in [-0.4, -0.2) is 80.7 Å². The lowest BCUT2D eigenvalue weighted by Crippen LogP contribution is -2.54. The normalized spacial score (nSPS) is 18.8. The predicted molar refractivity (Wildman–Crippen MR) is 155 cm³/mol. The maximum absolute atomic E-state index is 14.3. The Hall–Kier alpha value is -2.91. The summed E-state index contributed by atoms with van der Waals surface area (Å²) in [6.07, 6.45) is 4.98. The maximum atomic E-state index is 14.3. The summed E-state index contributed by atoms with van der Waals surface area (Å²) < 4.78 is 5.90. The summed E-state index contributed by atoms with van der Waals surface area (Å²) in [5.74, 6) is -0.143. The predicted octanol–water partition coefficient (Wildman–Crippen LogP) is 3.38. The molecule has 1 fully saturated rings. The van der Waals surface area contributed by atoms with Gasteiger partial charge in [-0.3, -0.25) is 9.59 Å². The monoisotopic (exact) mass is 551 g/mol. The van der Waals surface area contributed by atoms with E-state index in [1.807, 2.05) is 67.7 Å². The summed E-state index contributed by atoms with van der Waals surface area (Å²) in [6, 6.07) is 13.0. The van der Waals surface area contributed by atoms with Crippen LogP contribution in [-0.2, 0) is 27.2 Å². The summed E-state index contributed by atoms with van der Waals surface area (Å²) in [5, 5.41) is 8.05. The lowest BCUT2D eigenvalue weighted by atomic mass is 9.91. The molecule has 0 spiro atoms. The summed E-state index contributed by atoms with van der Waals surface area (Å²) in [7, 11) is 4.09. The number of H-pyrrole nitrogens is 1. The molecule has 2 aromatic carbocycles. The number of benzene rings is 2. The van der Waals surface area contributed by atoms with Crippen molar-refractivity contribution in [1.29, 1.82) is 0 Å². The van der Waals surface area contributed by atoms with Crippen molar-refractivity contribution in [1.82, 2.24) is 20.5 Å². The van der Waals surface area contributed by atoms with E-state index in [2.05, 4.69) is 20.5 Å². The van der Waals surface area contributed by atoms with Crippen LogP contribution >= 0.6 is 11.6 Å². The van der Waals surface area contributed by atoms with Crippen LogP contribution in [0.2, 0.25) is 5.02 Å². The Kier molecular flexibility index (Phi) is 8.87. The van der Waals surface area contributed by atoms with Gasteiger partial charge in [-0.05, 0) is 87.8 Å². The minimum Gasteiger partial charge on any atom is -0.368 e. The number of fused-ring (bicyclic) bond motifs is 2. The zero-order valence-electron chi connectivity index (χ0n) is 22.7. The average Bonchev–Trinajstić information content (AvgIpc) is 3.33. The summed E-state index contributed by atoms with van der Waals surface area (Å²) in [5.41, 5.74) is 3.91. The van der Waals surface area contributed by atoms with E-state index in [9.17, 15) is 9.59 Å². The fourth-order valence-electron chi connectivity index (χ4n) is 5.86.